The van der Waals surface area contributed by atoms with Crippen molar-refractivity contribution in [2.24, 2.45) is 0 Å². The molecule has 4 aromatic rings. The highest BCUT2D eigenvalue weighted by atomic mass is 79.9. The number of hydrogen-bond acceptors (Lipinski definition) is 5. The van der Waals surface area contributed by atoms with Crippen LogP contribution in [-0.2, 0) is 16.1 Å². The minimum atomic E-state index is -1.14. The third-order valence-corrected chi connectivity index (χ3v) is 6.26. The number of aromatic carboxylic acids is 1. The lowest BCUT2D eigenvalue weighted by atomic mass is 10.1. The Kier molecular flexibility index (Phi) is 5.83. The standard InChI is InChI=1S/C25H16BrN3O5S/c26-15-4-3-5-16(11-15)29-23(31)19(22(30)27-25(29)35)10-14-12-28(20-7-2-1-6-18(14)20)13-17-8-9-21(34-17)24(32)33/h1-12H,13H2,(H,32,33)(H,27,30,35)/b19-10+. The third kappa shape index (κ3) is 4.29. The number of nitrogens with zero attached hydrogens (tertiary/aromatic N) is 2. The Morgan fingerprint density at radius 1 is 1.11 bits per heavy atom. The van der Waals surface area contributed by atoms with Gasteiger partial charge in [0.15, 0.2) is 5.11 Å². The first-order valence-electron chi connectivity index (χ1n) is 10.4. The van der Waals surface area contributed by atoms with Gasteiger partial charge in [0.05, 0.1) is 12.2 Å². The number of furan rings is 1. The second kappa shape index (κ2) is 8.97. The smallest absolute Gasteiger partial charge is 0.371 e. The van der Waals surface area contributed by atoms with Gasteiger partial charge in [-0.1, -0.05) is 40.2 Å². The Labute approximate surface area is 212 Å². The van der Waals surface area contributed by atoms with Crippen molar-refractivity contribution in [2.75, 3.05) is 4.90 Å². The molecule has 0 bridgehead atoms. The van der Waals surface area contributed by atoms with Crippen molar-refractivity contribution >= 4 is 73.7 Å². The quantitative estimate of drug-likeness (QED) is 0.214. The van der Waals surface area contributed by atoms with E-state index < -0.39 is 17.8 Å². The molecule has 8 nitrogen and oxygen atoms in total. The Balaban J connectivity index is 1.55. The molecule has 0 unspecified atom stereocenters. The zero-order chi connectivity index (χ0) is 24.7. The molecule has 1 aliphatic heterocycles. The van der Waals surface area contributed by atoms with Gasteiger partial charge in [0.25, 0.3) is 11.8 Å². The number of carboxylic acids is 1. The first kappa shape index (κ1) is 22.8. The number of carbonyl (C=O) groups excluding carboxylic acids is 2. The molecule has 2 amide bonds. The molecular weight excluding hydrogens is 534 g/mol. The highest BCUT2D eigenvalue weighted by Gasteiger charge is 2.34. The lowest BCUT2D eigenvalue weighted by molar-refractivity contribution is -0.122. The summed E-state index contributed by atoms with van der Waals surface area (Å²) in [6.07, 6.45) is 3.33. The first-order chi connectivity index (χ1) is 16.8. The van der Waals surface area contributed by atoms with E-state index in [2.05, 4.69) is 21.2 Å². The number of aromatic nitrogens is 1. The lowest BCUT2D eigenvalue weighted by Gasteiger charge is -2.29. The van der Waals surface area contributed by atoms with E-state index in [4.69, 9.17) is 21.7 Å². The number of carboxylic acid groups (broad SMARTS) is 1. The summed E-state index contributed by atoms with van der Waals surface area (Å²) in [5, 5.41) is 12.5. The molecular formula is C25H16BrN3O5S. The van der Waals surface area contributed by atoms with Crippen LogP contribution in [0.25, 0.3) is 17.0 Å². The predicted molar refractivity (Wildman–Crippen MR) is 137 cm³/mol. The summed E-state index contributed by atoms with van der Waals surface area (Å²) in [5.41, 5.74) is 1.93. The molecule has 1 aliphatic rings. The van der Waals surface area contributed by atoms with Crippen LogP contribution in [0.4, 0.5) is 5.69 Å². The highest BCUT2D eigenvalue weighted by molar-refractivity contribution is 9.10. The average molecular weight is 550 g/mol. The Morgan fingerprint density at radius 3 is 2.66 bits per heavy atom. The van der Waals surface area contributed by atoms with E-state index in [1.165, 1.54) is 17.0 Å². The average Bonchev–Trinajstić information content (AvgIpc) is 3.42. The highest BCUT2D eigenvalue weighted by Crippen LogP contribution is 2.28. The first-order valence-corrected chi connectivity index (χ1v) is 11.6. The van der Waals surface area contributed by atoms with Crippen LogP contribution in [0.1, 0.15) is 21.9 Å². The molecule has 0 atom stereocenters. The second-order valence-electron chi connectivity index (χ2n) is 7.74. The van der Waals surface area contributed by atoms with Crippen molar-refractivity contribution in [3.63, 3.8) is 0 Å². The normalized spacial score (nSPS) is 15.2. The van der Waals surface area contributed by atoms with Crippen molar-refractivity contribution in [2.45, 2.75) is 6.54 Å². The number of benzene rings is 2. The van der Waals surface area contributed by atoms with Gasteiger partial charge >= 0.3 is 5.97 Å². The van der Waals surface area contributed by atoms with Gasteiger partial charge in [0, 0.05) is 27.1 Å². The van der Waals surface area contributed by atoms with E-state index in [0.29, 0.717) is 17.0 Å². The van der Waals surface area contributed by atoms with Crippen LogP contribution < -0.4 is 10.2 Å². The summed E-state index contributed by atoms with van der Waals surface area (Å²) in [6, 6.07) is 17.6. The van der Waals surface area contributed by atoms with E-state index in [1.807, 2.05) is 34.9 Å². The van der Waals surface area contributed by atoms with Crippen molar-refractivity contribution in [1.29, 1.82) is 0 Å². The fraction of sp³-hybridized carbons (Fsp3) is 0.0400. The number of rotatable bonds is 5. The summed E-state index contributed by atoms with van der Waals surface area (Å²) >= 11 is 8.66. The molecule has 0 saturated carbocycles. The van der Waals surface area contributed by atoms with Gasteiger partial charge in [-0.3, -0.25) is 19.8 Å². The number of amides is 2. The van der Waals surface area contributed by atoms with Gasteiger partial charge in [0.1, 0.15) is 11.3 Å². The monoisotopic (exact) mass is 549 g/mol. The van der Waals surface area contributed by atoms with E-state index in [0.717, 1.165) is 15.4 Å². The van der Waals surface area contributed by atoms with E-state index >= 15 is 0 Å². The fourth-order valence-electron chi connectivity index (χ4n) is 3.93. The Bertz CT molecular complexity index is 1570. The Morgan fingerprint density at radius 2 is 1.91 bits per heavy atom. The zero-order valence-corrected chi connectivity index (χ0v) is 20.3. The maximum Gasteiger partial charge on any atom is 0.371 e. The molecule has 5 rings (SSSR count). The summed E-state index contributed by atoms with van der Waals surface area (Å²) in [7, 11) is 0. The number of fused-ring (bicyclic) bond motifs is 1. The summed E-state index contributed by atoms with van der Waals surface area (Å²) in [6.45, 7) is 0.269. The van der Waals surface area contributed by atoms with Gasteiger partial charge in [0.2, 0.25) is 5.76 Å². The van der Waals surface area contributed by atoms with Crippen LogP contribution in [0, 0.1) is 0 Å². The van der Waals surface area contributed by atoms with E-state index in [9.17, 15) is 14.4 Å². The number of nitrogens with one attached hydrogen (secondary N) is 1. The number of halogens is 1. The van der Waals surface area contributed by atoms with Crippen LogP contribution in [0.3, 0.4) is 0 Å². The third-order valence-electron chi connectivity index (χ3n) is 5.49. The predicted octanol–water partition coefficient (Wildman–Crippen LogP) is 4.57. The molecule has 1 fully saturated rings. The van der Waals surface area contributed by atoms with Crippen molar-refractivity contribution < 1.29 is 23.9 Å². The van der Waals surface area contributed by atoms with Crippen LogP contribution in [-0.4, -0.2) is 32.6 Å². The number of para-hydroxylation sites is 1. The van der Waals surface area contributed by atoms with Crippen LogP contribution in [0.15, 0.2) is 81.3 Å². The summed E-state index contributed by atoms with van der Waals surface area (Å²) in [4.78, 5) is 38.6. The summed E-state index contributed by atoms with van der Waals surface area (Å²) in [5.74, 6) is -1.95. The second-order valence-corrected chi connectivity index (χ2v) is 9.04. The molecule has 2 aromatic carbocycles. The number of anilines is 1. The lowest BCUT2D eigenvalue weighted by Crippen LogP contribution is -2.54. The molecule has 35 heavy (non-hydrogen) atoms. The number of thiocarbonyl (C=S) groups is 1. The van der Waals surface area contributed by atoms with Crippen LogP contribution >= 0.6 is 28.1 Å². The summed E-state index contributed by atoms with van der Waals surface area (Å²) < 4.78 is 8.03. The molecule has 2 aromatic heterocycles. The largest absolute Gasteiger partial charge is 0.475 e. The van der Waals surface area contributed by atoms with E-state index in [-0.39, 0.29) is 23.0 Å². The minimum Gasteiger partial charge on any atom is -0.475 e. The van der Waals surface area contributed by atoms with Crippen molar-refractivity contribution in [3.05, 3.63) is 94.0 Å². The van der Waals surface area contributed by atoms with Crippen LogP contribution in [0.5, 0.6) is 0 Å². The van der Waals surface area contributed by atoms with Gasteiger partial charge in [-0.05, 0) is 54.7 Å². The van der Waals surface area contributed by atoms with Crippen molar-refractivity contribution in [3.8, 4) is 0 Å². The zero-order valence-electron chi connectivity index (χ0n) is 17.9. The number of hydrogen-bond donors (Lipinski definition) is 2. The molecule has 174 valence electrons. The topological polar surface area (TPSA) is 105 Å². The SMILES string of the molecule is O=C1NC(=S)N(c2cccc(Br)c2)C(=O)/C1=C/c1cn(Cc2ccc(C(=O)O)o2)c2ccccc12. The van der Waals surface area contributed by atoms with Crippen LogP contribution in [0.2, 0.25) is 0 Å². The van der Waals surface area contributed by atoms with E-state index in [1.54, 1.807) is 30.5 Å². The van der Waals surface area contributed by atoms with Crippen molar-refractivity contribution in [1.82, 2.24) is 9.88 Å². The molecule has 0 spiro atoms. The van der Waals surface area contributed by atoms with Gasteiger partial charge in [-0.2, -0.15) is 0 Å². The number of carbonyl (C=O) groups is 3. The fourth-order valence-corrected chi connectivity index (χ4v) is 4.60. The maximum atomic E-state index is 13.4. The molecule has 10 heteroatoms. The van der Waals surface area contributed by atoms with Gasteiger partial charge < -0.3 is 14.1 Å². The minimum absolute atomic E-state index is 0.00438. The van der Waals surface area contributed by atoms with Gasteiger partial charge in [-0.25, -0.2) is 4.79 Å². The molecule has 0 aliphatic carbocycles. The molecule has 3 heterocycles. The van der Waals surface area contributed by atoms with Gasteiger partial charge in [-0.15, -0.1) is 0 Å². The Hall–Kier alpha value is -4.02. The molecule has 1 saturated heterocycles. The molecule has 0 radical (unpaired) electrons. The maximum absolute atomic E-state index is 13.4. The molecule has 2 N–H and O–H groups in total.